The molecule has 0 aliphatic rings. The van der Waals surface area contributed by atoms with Crippen molar-refractivity contribution in [1.82, 2.24) is 9.55 Å². The molecule has 2 heterocycles. The van der Waals surface area contributed by atoms with Gasteiger partial charge in [-0.25, -0.2) is 4.79 Å². The van der Waals surface area contributed by atoms with Crippen LogP contribution in [0.1, 0.15) is 10.4 Å². The molecule has 0 amide bonds. The number of carbonyl (C=O) groups is 1. The first-order valence-corrected chi connectivity index (χ1v) is 6.83. The Morgan fingerprint density at radius 1 is 1.43 bits per heavy atom. The van der Waals surface area contributed by atoms with Crippen LogP contribution in [-0.4, -0.2) is 20.3 Å². The van der Waals surface area contributed by atoms with Crippen LogP contribution in [0.2, 0.25) is 8.67 Å². The maximum Gasteiger partial charge on any atom is 0.350 e. The van der Waals surface area contributed by atoms with Gasteiger partial charge in [-0.1, -0.05) is 23.2 Å². The number of H-pyrrole nitrogens is 1. The largest absolute Gasteiger partial charge is 0.350 e. The second kappa shape index (κ2) is 5.80. The zero-order chi connectivity index (χ0) is 15.7. The third-order valence-electron chi connectivity index (χ3n) is 2.46. The molecule has 0 aliphatic heterocycles. The number of nitro groups is 1. The topological polar surface area (TPSA) is 115 Å². The van der Waals surface area contributed by atoms with Crippen LogP contribution in [0.25, 0.3) is 0 Å². The van der Waals surface area contributed by atoms with E-state index in [0.717, 1.165) is 15.9 Å². The molecule has 0 spiro atoms. The lowest BCUT2D eigenvalue weighted by molar-refractivity contribution is -0.386. The summed E-state index contributed by atoms with van der Waals surface area (Å²) in [5, 5.41) is 10.6. The van der Waals surface area contributed by atoms with E-state index >= 15 is 0 Å². The van der Waals surface area contributed by atoms with E-state index in [0.29, 0.717) is 10.5 Å². The van der Waals surface area contributed by atoms with Gasteiger partial charge in [0.15, 0.2) is 5.78 Å². The molecule has 0 saturated heterocycles. The van der Waals surface area contributed by atoms with Crippen LogP contribution in [0.5, 0.6) is 0 Å². The van der Waals surface area contributed by atoms with Gasteiger partial charge in [0.1, 0.15) is 4.34 Å². The minimum Gasteiger partial charge on any atom is -0.292 e. The Labute approximate surface area is 129 Å². The van der Waals surface area contributed by atoms with Gasteiger partial charge in [0.2, 0.25) is 0 Å². The molecule has 11 heteroatoms. The van der Waals surface area contributed by atoms with Gasteiger partial charge in [-0.2, -0.15) is 0 Å². The average molecular weight is 350 g/mol. The number of nitrogens with zero attached hydrogens (tertiary/aromatic N) is 2. The van der Waals surface area contributed by atoms with Crippen molar-refractivity contribution in [3.05, 3.63) is 57.5 Å². The highest BCUT2D eigenvalue weighted by molar-refractivity contribution is 7.20. The quantitative estimate of drug-likeness (QED) is 0.512. The minimum atomic E-state index is -1.13. The molecule has 2 rings (SSSR count). The van der Waals surface area contributed by atoms with Gasteiger partial charge in [0.25, 0.3) is 0 Å². The molecule has 21 heavy (non-hydrogen) atoms. The highest BCUT2D eigenvalue weighted by atomic mass is 35.5. The zero-order valence-corrected chi connectivity index (χ0v) is 12.3. The fourth-order valence-electron chi connectivity index (χ4n) is 1.52. The summed E-state index contributed by atoms with van der Waals surface area (Å²) < 4.78 is 1.17. The highest BCUT2D eigenvalue weighted by Gasteiger charge is 2.19. The Bertz CT molecular complexity index is 853. The number of rotatable bonds is 4. The number of thiophene rings is 1. The molecule has 1 N–H and O–H groups in total. The number of carbonyl (C=O) groups excluding carboxylic acids is 1. The summed E-state index contributed by atoms with van der Waals surface area (Å²) in [7, 11) is 0. The monoisotopic (exact) mass is 349 g/mol. The summed E-state index contributed by atoms with van der Waals surface area (Å²) in [5.41, 5.74) is -2.80. The van der Waals surface area contributed by atoms with Crippen molar-refractivity contribution < 1.29 is 9.72 Å². The maximum atomic E-state index is 12.0. The molecule has 0 aliphatic carbocycles. The molecule has 2 aromatic rings. The second-order valence-corrected chi connectivity index (χ2v) is 6.11. The van der Waals surface area contributed by atoms with Crippen LogP contribution in [0.3, 0.4) is 0 Å². The number of hydrogen-bond donors (Lipinski definition) is 1. The Morgan fingerprint density at radius 3 is 2.62 bits per heavy atom. The molecule has 8 nitrogen and oxygen atoms in total. The summed E-state index contributed by atoms with van der Waals surface area (Å²) in [6.45, 7) is -0.511. The summed E-state index contributed by atoms with van der Waals surface area (Å²) in [5.74, 6) is -0.563. The lowest BCUT2D eigenvalue weighted by Gasteiger charge is -2.03. The van der Waals surface area contributed by atoms with E-state index in [1.165, 1.54) is 6.07 Å². The van der Waals surface area contributed by atoms with Crippen LogP contribution in [0.4, 0.5) is 5.69 Å². The van der Waals surface area contributed by atoms with E-state index in [4.69, 9.17) is 23.2 Å². The highest BCUT2D eigenvalue weighted by Crippen LogP contribution is 2.31. The maximum absolute atomic E-state index is 12.0. The van der Waals surface area contributed by atoms with Gasteiger partial charge in [-0.3, -0.25) is 29.3 Å². The van der Waals surface area contributed by atoms with Crippen LogP contribution in [-0.2, 0) is 6.54 Å². The zero-order valence-electron chi connectivity index (χ0n) is 9.96. The van der Waals surface area contributed by atoms with Crippen molar-refractivity contribution in [2.45, 2.75) is 6.54 Å². The number of aromatic amines is 1. The van der Waals surface area contributed by atoms with Gasteiger partial charge < -0.3 is 0 Å². The molecule has 2 aromatic heterocycles. The standard InChI is InChI=1S/C10H5Cl2N3O5S/c11-7-1-4(8(12)21-7)6(16)3-14-2-5(15(19)20)9(17)13-10(14)18/h1-2H,3H2,(H,13,17,18). The van der Waals surface area contributed by atoms with Crippen LogP contribution in [0.15, 0.2) is 21.9 Å². The van der Waals surface area contributed by atoms with Gasteiger partial charge in [-0.15, -0.1) is 11.3 Å². The van der Waals surface area contributed by atoms with Crippen molar-refractivity contribution in [3.8, 4) is 0 Å². The molecule has 0 radical (unpaired) electrons. The van der Waals surface area contributed by atoms with Crippen molar-refractivity contribution in [2.75, 3.05) is 0 Å². The molecular weight excluding hydrogens is 345 g/mol. The Balaban J connectivity index is 2.40. The lowest BCUT2D eigenvalue weighted by atomic mass is 10.2. The third-order valence-corrected chi connectivity index (χ3v) is 3.95. The first-order valence-electron chi connectivity index (χ1n) is 5.25. The molecule has 0 unspecified atom stereocenters. The molecule has 0 atom stereocenters. The minimum absolute atomic E-state index is 0.104. The third kappa shape index (κ3) is 3.20. The summed E-state index contributed by atoms with van der Waals surface area (Å²) in [6, 6.07) is 1.34. The molecule has 0 bridgehead atoms. The van der Waals surface area contributed by atoms with Gasteiger partial charge in [0, 0.05) is 0 Å². The molecule has 0 fully saturated rings. The SMILES string of the molecule is O=C(Cn1cc([N+](=O)[O-])c(=O)[nH]c1=O)c1cc(Cl)sc1Cl. The van der Waals surface area contributed by atoms with Crippen LogP contribution in [0, 0.1) is 10.1 Å². The van der Waals surface area contributed by atoms with Gasteiger partial charge in [-0.05, 0) is 6.07 Å². The number of hydrogen-bond acceptors (Lipinski definition) is 6. The lowest BCUT2D eigenvalue weighted by Crippen LogP contribution is -2.32. The first-order chi connectivity index (χ1) is 9.79. The van der Waals surface area contributed by atoms with Gasteiger partial charge >= 0.3 is 16.9 Å². The number of halogens is 2. The van der Waals surface area contributed by atoms with Crippen molar-refractivity contribution in [3.63, 3.8) is 0 Å². The summed E-state index contributed by atoms with van der Waals surface area (Å²) in [4.78, 5) is 46.2. The van der Waals surface area contributed by atoms with Crippen LogP contribution < -0.4 is 11.2 Å². The Hall–Kier alpha value is -1.97. The van der Waals surface area contributed by atoms with Crippen molar-refractivity contribution in [2.24, 2.45) is 0 Å². The first kappa shape index (κ1) is 15.4. The molecule has 0 aromatic carbocycles. The summed E-state index contributed by atoms with van der Waals surface area (Å²) >= 11 is 12.5. The smallest absolute Gasteiger partial charge is 0.292 e. The summed E-state index contributed by atoms with van der Waals surface area (Å²) in [6.07, 6.45) is 0.709. The van der Waals surface area contributed by atoms with E-state index in [1.807, 2.05) is 0 Å². The average Bonchev–Trinajstić information content (AvgIpc) is 2.71. The number of Topliss-reactive ketones (excluding diaryl/α,β-unsaturated/α-hetero) is 1. The number of nitrogens with one attached hydrogen (secondary N) is 1. The molecular formula is C10H5Cl2N3O5S. The van der Waals surface area contributed by atoms with Crippen molar-refractivity contribution in [1.29, 1.82) is 0 Å². The number of aromatic nitrogens is 2. The van der Waals surface area contributed by atoms with E-state index in [1.54, 1.807) is 4.98 Å². The number of ketones is 1. The van der Waals surface area contributed by atoms with Gasteiger partial charge in [0.05, 0.1) is 27.6 Å². The fraction of sp³-hybridized carbons (Fsp3) is 0.100. The van der Waals surface area contributed by atoms with Crippen molar-refractivity contribution >= 4 is 46.0 Å². The predicted octanol–water partition coefficient (Wildman–Crippen LogP) is 1.70. The molecule has 110 valence electrons. The van der Waals surface area contributed by atoms with E-state index in [9.17, 15) is 24.5 Å². The van der Waals surface area contributed by atoms with E-state index < -0.39 is 34.2 Å². The fourth-order valence-corrected chi connectivity index (χ4v) is 3.01. The normalized spacial score (nSPS) is 10.6. The van der Waals surface area contributed by atoms with E-state index in [2.05, 4.69) is 0 Å². The second-order valence-electron chi connectivity index (χ2n) is 3.82. The predicted molar refractivity (Wildman–Crippen MR) is 76.6 cm³/mol. The van der Waals surface area contributed by atoms with E-state index in [-0.39, 0.29) is 9.90 Å². The Morgan fingerprint density at radius 2 is 2.10 bits per heavy atom. The Kier molecular flexibility index (Phi) is 4.26. The van der Waals surface area contributed by atoms with Crippen LogP contribution >= 0.6 is 34.5 Å². The molecule has 0 saturated carbocycles.